The first-order valence-corrected chi connectivity index (χ1v) is 14.7. The van der Waals surface area contributed by atoms with Gasteiger partial charge in [0, 0.05) is 56.0 Å². The Morgan fingerprint density at radius 1 is 1.03 bits per heavy atom. The number of nitrogens with zero attached hydrogens (tertiary/aromatic N) is 4. The van der Waals surface area contributed by atoms with Crippen LogP contribution in [0.3, 0.4) is 0 Å². The lowest BCUT2D eigenvalue weighted by atomic mass is 10.1. The number of aromatic nitrogens is 1. The molecule has 2 heterocycles. The summed E-state index contributed by atoms with van der Waals surface area (Å²) in [6.07, 6.45) is 3.35. The third-order valence-corrected chi connectivity index (χ3v) is 8.82. The largest absolute Gasteiger partial charge is 0.369 e. The Hall–Kier alpha value is -3.02. The summed E-state index contributed by atoms with van der Waals surface area (Å²) < 4.78 is 29.1. The zero-order valence-electron chi connectivity index (χ0n) is 21.2. The molecule has 0 amide bonds. The minimum absolute atomic E-state index is 0.0926. The highest BCUT2D eigenvalue weighted by atomic mass is 32.2. The van der Waals surface area contributed by atoms with Crippen molar-refractivity contribution in [3.63, 3.8) is 0 Å². The summed E-state index contributed by atoms with van der Waals surface area (Å²) in [5.41, 5.74) is 5.25. The number of piperazine rings is 1. The minimum Gasteiger partial charge on any atom is -0.369 e. The molecule has 1 aliphatic carbocycles. The topological polar surface area (TPSA) is 81.4 Å². The summed E-state index contributed by atoms with van der Waals surface area (Å²) in [6.45, 7) is 10.2. The summed E-state index contributed by atoms with van der Waals surface area (Å²) in [5.74, 6) is 1.02. The lowest BCUT2D eigenvalue weighted by Gasteiger charge is -2.36. The Bertz CT molecular complexity index is 1380. The molecule has 1 N–H and O–H groups in total. The van der Waals surface area contributed by atoms with Gasteiger partial charge in [0.05, 0.1) is 22.5 Å². The number of nitrogens with one attached hydrogen (secondary N) is 1. The van der Waals surface area contributed by atoms with Crippen molar-refractivity contribution in [3.05, 3.63) is 48.0 Å². The number of nitriles is 1. The fourth-order valence-electron chi connectivity index (χ4n) is 5.33. The van der Waals surface area contributed by atoms with Crippen LogP contribution in [-0.4, -0.2) is 56.4 Å². The maximum absolute atomic E-state index is 12.1. The molecule has 1 saturated carbocycles. The number of fused-ring (bicyclic) bond motifs is 1. The molecule has 0 bridgehead atoms. The van der Waals surface area contributed by atoms with Crippen LogP contribution in [0.25, 0.3) is 22.2 Å². The zero-order chi connectivity index (χ0) is 25.3. The molecular formula is C28H35N5O2S. The van der Waals surface area contributed by atoms with Crippen molar-refractivity contribution >= 4 is 32.3 Å². The molecule has 1 saturated heterocycles. The predicted octanol–water partition coefficient (Wildman–Crippen LogP) is 4.88. The van der Waals surface area contributed by atoms with Crippen LogP contribution < -0.4 is 9.62 Å². The molecule has 0 unspecified atom stereocenters. The van der Waals surface area contributed by atoms with E-state index in [2.05, 4.69) is 50.3 Å². The third-order valence-electron chi connectivity index (χ3n) is 7.33. The summed E-state index contributed by atoms with van der Waals surface area (Å²) in [7, 11) is -3.35. The quantitative estimate of drug-likeness (QED) is 0.448. The second-order valence-electron chi connectivity index (χ2n) is 10.0. The van der Waals surface area contributed by atoms with Gasteiger partial charge in [-0.2, -0.15) is 5.26 Å². The Kier molecular flexibility index (Phi) is 6.96. The van der Waals surface area contributed by atoms with E-state index in [-0.39, 0.29) is 5.75 Å². The van der Waals surface area contributed by atoms with Crippen molar-refractivity contribution in [3.8, 4) is 17.3 Å². The SMILES string of the molecule is CCCS(=O)(=O)Nc1ccc(-c2c(C#N)c3ccc(N4CCN(CC5CC5)CC4)cc3n2CC)cc1. The number of sulfonamides is 1. The molecule has 1 aromatic heterocycles. The van der Waals surface area contributed by atoms with Crippen LogP contribution in [0.15, 0.2) is 42.5 Å². The fourth-order valence-corrected chi connectivity index (χ4v) is 6.46. The maximum Gasteiger partial charge on any atom is 0.232 e. The fraction of sp³-hybridized carbons (Fsp3) is 0.464. The third kappa shape index (κ3) is 5.09. The molecule has 2 fully saturated rings. The number of aryl methyl sites for hydroxylation is 1. The second-order valence-corrected chi connectivity index (χ2v) is 11.9. The molecule has 0 atom stereocenters. The lowest BCUT2D eigenvalue weighted by molar-refractivity contribution is 0.248. The van der Waals surface area contributed by atoms with Crippen molar-refractivity contribution in [1.29, 1.82) is 5.26 Å². The van der Waals surface area contributed by atoms with Crippen molar-refractivity contribution in [2.24, 2.45) is 5.92 Å². The molecule has 0 radical (unpaired) electrons. The maximum atomic E-state index is 12.1. The molecule has 2 aromatic carbocycles. The molecule has 36 heavy (non-hydrogen) atoms. The molecule has 5 rings (SSSR count). The van der Waals surface area contributed by atoms with Gasteiger partial charge in [0.25, 0.3) is 0 Å². The van der Waals surface area contributed by atoms with Gasteiger partial charge in [0.1, 0.15) is 6.07 Å². The van der Waals surface area contributed by atoms with Crippen LogP contribution in [0.5, 0.6) is 0 Å². The molecule has 2 aliphatic rings. The Balaban J connectivity index is 1.43. The van der Waals surface area contributed by atoms with Gasteiger partial charge in [-0.05, 0) is 68.0 Å². The molecule has 1 aliphatic heterocycles. The first-order chi connectivity index (χ1) is 17.4. The number of rotatable bonds is 9. The van der Waals surface area contributed by atoms with Crippen LogP contribution in [0.4, 0.5) is 11.4 Å². The molecule has 7 nitrogen and oxygen atoms in total. The molecule has 8 heteroatoms. The highest BCUT2D eigenvalue weighted by Gasteiger charge is 2.27. The van der Waals surface area contributed by atoms with E-state index in [1.807, 2.05) is 19.1 Å². The van der Waals surface area contributed by atoms with E-state index < -0.39 is 10.0 Å². The van der Waals surface area contributed by atoms with E-state index in [1.165, 1.54) is 25.1 Å². The summed E-state index contributed by atoms with van der Waals surface area (Å²) in [5, 5.41) is 11.1. The monoisotopic (exact) mass is 505 g/mol. The van der Waals surface area contributed by atoms with E-state index >= 15 is 0 Å². The standard InChI is InChI=1S/C28H35N5O2S/c1-3-17-36(34,35)30-23-9-7-22(8-10-23)28-26(19-29)25-12-11-24(18-27(25)33(28)4-2)32-15-13-31(14-16-32)20-21-5-6-21/h7-12,18,21,30H,3-6,13-17,20H2,1-2H3. The van der Waals surface area contributed by atoms with Crippen molar-refractivity contribution < 1.29 is 8.42 Å². The average molecular weight is 506 g/mol. The van der Waals surface area contributed by atoms with Gasteiger partial charge in [-0.1, -0.05) is 19.1 Å². The van der Waals surface area contributed by atoms with Gasteiger partial charge in [0.15, 0.2) is 0 Å². The van der Waals surface area contributed by atoms with E-state index in [1.54, 1.807) is 12.1 Å². The zero-order valence-corrected chi connectivity index (χ0v) is 22.0. The van der Waals surface area contributed by atoms with Gasteiger partial charge in [0.2, 0.25) is 10.0 Å². The van der Waals surface area contributed by atoms with E-state index in [0.29, 0.717) is 17.7 Å². The Labute approximate surface area is 214 Å². The van der Waals surface area contributed by atoms with Gasteiger partial charge < -0.3 is 9.47 Å². The summed E-state index contributed by atoms with van der Waals surface area (Å²) in [6, 6.07) is 16.2. The van der Waals surface area contributed by atoms with Crippen molar-refractivity contribution in [1.82, 2.24) is 9.47 Å². The summed E-state index contributed by atoms with van der Waals surface area (Å²) in [4.78, 5) is 5.05. The normalized spacial score (nSPS) is 16.9. The van der Waals surface area contributed by atoms with Gasteiger partial charge in [-0.25, -0.2) is 8.42 Å². The first kappa shape index (κ1) is 24.7. The minimum atomic E-state index is -3.35. The summed E-state index contributed by atoms with van der Waals surface area (Å²) >= 11 is 0. The van der Waals surface area contributed by atoms with Crippen LogP contribution in [0.2, 0.25) is 0 Å². The molecule has 3 aromatic rings. The van der Waals surface area contributed by atoms with Crippen LogP contribution >= 0.6 is 0 Å². The molecular weight excluding hydrogens is 470 g/mol. The van der Waals surface area contributed by atoms with Gasteiger partial charge in [-0.15, -0.1) is 0 Å². The van der Waals surface area contributed by atoms with Gasteiger partial charge >= 0.3 is 0 Å². The van der Waals surface area contributed by atoms with E-state index in [0.717, 1.165) is 60.8 Å². The van der Waals surface area contributed by atoms with Gasteiger partial charge in [-0.3, -0.25) is 9.62 Å². The van der Waals surface area contributed by atoms with Crippen molar-refractivity contribution in [2.75, 3.05) is 48.1 Å². The van der Waals surface area contributed by atoms with Crippen LogP contribution in [-0.2, 0) is 16.6 Å². The molecule has 190 valence electrons. The Morgan fingerprint density at radius 2 is 1.75 bits per heavy atom. The predicted molar refractivity (Wildman–Crippen MR) is 147 cm³/mol. The molecule has 0 spiro atoms. The van der Waals surface area contributed by atoms with Crippen molar-refractivity contribution in [2.45, 2.75) is 39.7 Å². The van der Waals surface area contributed by atoms with Crippen LogP contribution in [0.1, 0.15) is 38.7 Å². The Morgan fingerprint density at radius 3 is 2.36 bits per heavy atom. The first-order valence-electron chi connectivity index (χ1n) is 13.1. The highest BCUT2D eigenvalue weighted by Crippen LogP contribution is 2.36. The number of anilines is 2. The average Bonchev–Trinajstić information content (AvgIpc) is 3.63. The second kappa shape index (κ2) is 10.2. The smallest absolute Gasteiger partial charge is 0.232 e. The van der Waals surface area contributed by atoms with E-state index in [9.17, 15) is 13.7 Å². The highest BCUT2D eigenvalue weighted by molar-refractivity contribution is 7.92. The lowest BCUT2D eigenvalue weighted by Crippen LogP contribution is -2.47. The number of hydrogen-bond donors (Lipinski definition) is 1. The van der Waals surface area contributed by atoms with E-state index in [4.69, 9.17) is 0 Å². The van der Waals surface area contributed by atoms with Crippen LogP contribution in [0, 0.1) is 17.2 Å². The number of benzene rings is 2. The number of hydrogen-bond acceptors (Lipinski definition) is 5.